The Morgan fingerprint density at radius 2 is 2.16 bits per heavy atom. The summed E-state index contributed by atoms with van der Waals surface area (Å²) >= 11 is 0. The maximum Gasteiger partial charge on any atom is 0.222 e. The molecule has 3 aromatic heterocycles. The zero-order valence-corrected chi connectivity index (χ0v) is 12.8. The number of halogens is 1. The van der Waals surface area contributed by atoms with Crippen LogP contribution in [0.4, 0.5) is 10.3 Å². The first-order valence-corrected chi connectivity index (χ1v) is 7.37. The number of nitriles is 1. The van der Waals surface area contributed by atoms with Gasteiger partial charge < -0.3 is 10.2 Å². The molecule has 0 radical (unpaired) electrons. The molecule has 4 aromatic rings. The molecule has 0 unspecified atom stereocenters. The van der Waals surface area contributed by atoms with Gasteiger partial charge in [-0.15, -0.1) is 0 Å². The molecule has 7 nitrogen and oxygen atoms in total. The second-order valence-corrected chi connectivity index (χ2v) is 5.36. The first-order valence-electron chi connectivity index (χ1n) is 7.37. The summed E-state index contributed by atoms with van der Waals surface area (Å²) in [6.07, 6.45) is 3.16. The average molecular weight is 334 g/mol. The highest BCUT2D eigenvalue weighted by atomic mass is 19.1. The van der Waals surface area contributed by atoms with E-state index in [9.17, 15) is 9.65 Å². The molecule has 2 N–H and O–H groups in total. The molecule has 0 fully saturated rings. The molecule has 25 heavy (non-hydrogen) atoms. The standard InChI is InChI=1S/C17H11FN6O/c18-12-4-3-10(11(6-12)7-19)9-24-16-13(8-21-24)15(22-17(20)23-16)14-2-1-5-25-14/h1-6,8H,9H2,(H2,20,22,23). The molecule has 0 saturated heterocycles. The molecule has 0 atom stereocenters. The molecule has 4 rings (SSSR count). The summed E-state index contributed by atoms with van der Waals surface area (Å²) in [5.41, 5.74) is 7.75. The van der Waals surface area contributed by atoms with E-state index in [4.69, 9.17) is 10.2 Å². The number of fused-ring (bicyclic) bond motifs is 1. The van der Waals surface area contributed by atoms with Gasteiger partial charge in [0.2, 0.25) is 5.95 Å². The molecule has 8 heteroatoms. The number of benzene rings is 1. The number of nitrogens with zero attached hydrogens (tertiary/aromatic N) is 5. The van der Waals surface area contributed by atoms with Crippen molar-refractivity contribution in [3.63, 3.8) is 0 Å². The van der Waals surface area contributed by atoms with Crippen molar-refractivity contribution in [3.05, 3.63) is 59.7 Å². The van der Waals surface area contributed by atoms with Gasteiger partial charge in [0.15, 0.2) is 11.4 Å². The quantitative estimate of drug-likeness (QED) is 0.617. The molecular formula is C17H11FN6O. The minimum Gasteiger partial charge on any atom is -0.463 e. The molecule has 0 saturated carbocycles. The lowest BCUT2D eigenvalue weighted by Gasteiger charge is -2.06. The SMILES string of the molecule is N#Cc1cc(F)ccc1Cn1ncc2c(-c3ccco3)nc(N)nc21. The van der Waals surface area contributed by atoms with Crippen LogP contribution in [0.15, 0.2) is 47.2 Å². The summed E-state index contributed by atoms with van der Waals surface area (Å²) in [6, 6.07) is 9.56. The number of hydrogen-bond acceptors (Lipinski definition) is 6. The van der Waals surface area contributed by atoms with Crippen LogP contribution in [0.5, 0.6) is 0 Å². The molecule has 1 aromatic carbocycles. The van der Waals surface area contributed by atoms with Crippen molar-refractivity contribution in [2.24, 2.45) is 0 Å². The fraction of sp³-hybridized carbons (Fsp3) is 0.0588. The lowest BCUT2D eigenvalue weighted by molar-refractivity contribution is 0.580. The van der Waals surface area contributed by atoms with E-state index < -0.39 is 5.82 Å². The monoisotopic (exact) mass is 334 g/mol. The Hall–Kier alpha value is -3.73. The first kappa shape index (κ1) is 14.8. The van der Waals surface area contributed by atoms with Gasteiger partial charge in [-0.05, 0) is 29.8 Å². The maximum absolute atomic E-state index is 13.3. The van der Waals surface area contributed by atoms with Gasteiger partial charge in [0.05, 0.1) is 36.0 Å². The molecular weight excluding hydrogens is 323 g/mol. The highest BCUT2D eigenvalue weighted by Gasteiger charge is 2.16. The zero-order chi connectivity index (χ0) is 17.4. The minimum atomic E-state index is -0.461. The lowest BCUT2D eigenvalue weighted by Crippen LogP contribution is -2.06. The van der Waals surface area contributed by atoms with Gasteiger partial charge in [-0.25, -0.2) is 14.1 Å². The lowest BCUT2D eigenvalue weighted by atomic mass is 10.1. The van der Waals surface area contributed by atoms with Gasteiger partial charge in [0, 0.05) is 0 Å². The highest BCUT2D eigenvalue weighted by Crippen LogP contribution is 2.27. The van der Waals surface area contributed by atoms with Crippen molar-refractivity contribution in [2.45, 2.75) is 6.54 Å². The van der Waals surface area contributed by atoms with E-state index in [1.807, 2.05) is 6.07 Å². The smallest absolute Gasteiger partial charge is 0.222 e. The molecule has 0 amide bonds. The third kappa shape index (κ3) is 2.57. The van der Waals surface area contributed by atoms with Crippen molar-refractivity contribution in [3.8, 4) is 17.5 Å². The minimum absolute atomic E-state index is 0.0836. The van der Waals surface area contributed by atoms with E-state index in [0.717, 1.165) is 0 Å². The molecule has 0 aliphatic heterocycles. The number of nitrogen functional groups attached to an aromatic ring is 1. The molecule has 0 aliphatic rings. The van der Waals surface area contributed by atoms with Crippen LogP contribution in [-0.4, -0.2) is 19.7 Å². The van der Waals surface area contributed by atoms with Crippen LogP contribution < -0.4 is 5.73 Å². The van der Waals surface area contributed by atoms with E-state index in [-0.39, 0.29) is 18.1 Å². The second-order valence-electron chi connectivity index (χ2n) is 5.36. The van der Waals surface area contributed by atoms with Crippen LogP contribution in [-0.2, 0) is 6.54 Å². The van der Waals surface area contributed by atoms with Gasteiger partial charge in [-0.3, -0.25) is 0 Å². The molecule has 0 spiro atoms. The van der Waals surface area contributed by atoms with E-state index in [1.54, 1.807) is 35.3 Å². The second kappa shape index (κ2) is 5.72. The highest BCUT2D eigenvalue weighted by molar-refractivity contribution is 5.89. The Kier molecular flexibility index (Phi) is 3.40. The summed E-state index contributed by atoms with van der Waals surface area (Å²) in [5, 5.41) is 14.2. The molecule has 0 aliphatic carbocycles. The van der Waals surface area contributed by atoms with Crippen molar-refractivity contribution < 1.29 is 8.81 Å². The Bertz CT molecular complexity index is 1110. The Morgan fingerprint density at radius 3 is 2.92 bits per heavy atom. The van der Waals surface area contributed by atoms with Crippen LogP contribution in [0.1, 0.15) is 11.1 Å². The summed E-state index contributed by atoms with van der Waals surface area (Å²) in [7, 11) is 0. The van der Waals surface area contributed by atoms with E-state index in [2.05, 4.69) is 15.1 Å². The van der Waals surface area contributed by atoms with Gasteiger partial charge in [0.25, 0.3) is 0 Å². The topological polar surface area (TPSA) is 107 Å². The summed E-state index contributed by atoms with van der Waals surface area (Å²) < 4.78 is 20.3. The molecule has 3 heterocycles. The van der Waals surface area contributed by atoms with Crippen molar-refractivity contribution in [1.29, 1.82) is 5.26 Å². The number of hydrogen-bond donors (Lipinski definition) is 1. The van der Waals surface area contributed by atoms with Gasteiger partial charge in [-0.2, -0.15) is 15.3 Å². The van der Waals surface area contributed by atoms with E-state index in [0.29, 0.717) is 28.1 Å². The van der Waals surface area contributed by atoms with Crippen LogP contribution in [0.3, 0.4) is 0 Å². The van der Waals surface area contributed by atoms with Crippen LogP contribution in [0.25, 0.3) is 22.5 Å². The van der Waals surface area contributed by atoms with Gasteiger partial charge in [0.1, 0.15) is 11.5 Å². The fourth-order valence-corrected chi connectivity index (χ4v) is 2.64. The maximum atomic E-state index is 13.3. The third-order valence-electron chi connectivity index (χ3n) is 3.78. The number of nitrogens with two attached hydrogens (primary N) is 1. The van der Waals surface area contributed by atoms with E-state index in [1.165, 1.54) is 12.1 Å². The number of rotatable bonds is 3. The van der Waals surface area contributed by atoms with Crippen LogP contribution >= 0.6 is 0 Å². The summed E-state index contributed by atoms with van der Waals surface area (Å²) in [6.45, 7) is 0.251. The Balaban J connectivity index is 1.84. The van der Waals surface area contributed by atoms with Crippen molar-refractivity contribution in [2.75, 3.05) is 5.73 Å². The predicted molar refractivity (Wildman–Crippen MR) is 87.7 cm³/mol. The third-order valence-corrected chi connectivity index (χ3v) is 3.78. The summed E-state index contributed by atoms with van der Waals surface area (Å²) in [5.74, 6) is 0.177. The Morgan fingerprint density at radius 1 is 1.28 bits per heavy atom. The average Bonchev–Trinajstić information content (AvgIpc) is 3.26. The van der Waals surface area contributed by atoms with Crippen molar-refractivity contribution >= 4 is 17.0 Å². The predicted octanol–water partition coefficient (Wildman–Crippen LogP) is 2.73. The number of furan rings is 1. The fourth-order valence-electron chi connectivity index (χ4n) is 2.64. The molecule has 122 valence electrons. The van der Waals surface area contributed by atoms with Crippen LogP contribution in [0, 0.1) is 17.1 Å². The largest absolute Gasteiger partial charge is 0.463 e. The van der Waals surface area contributed by atoms with Gasteiger partial charge in [-0.1, -0.05) is 6.07 Å². The first-order chi connectivity index (χ1) is 12.2. The van der Waals surface area contributed by atoms with E-state index >= 15 is 0 Å². The number of anilines is 1. The Labute approximate surface area is 141 Å². The van der Waals surface area contributed by atoms with Crippen molar-refractivity contribution in [1.82, 2.24) is 19.7 Å². The van der Waals surface area contributed by atoms with Crippen LogP contribution in [0.2, 0.25) is 0 Å². The zero-order valence-electron chi connectivity index (χ0n) is 12.8. The molecule has 0 bridgehead atoms. The number of aromatic nitrogens is 4. The normalized spacial score (nSPS) is 10.9. The summed E-state index contributed by atoms with van der Waals surface area (Å²) in [4.78, 5) is 8.47. The van der Waals surface area contributed by atoms with Gasteiger partial charge >= 0.3 is 0 Å².